The molecule has 2 aromatic rings. The van der Waals surface area contributed by atoms with Gasteiger partial charge in [0.2, 0.25) is 5.91 Å². The van der Waals surface area contributed by atoms with E-state index in [0.29, 0.717) is 29.6 Å². The van der Waals surface area contributed by atoms with Gasteiger partial charge < -0.3 is 15.4 Å². The van der Waals surface area contributed by atoms with Crippen molar-refractivity contribution >= 4 is 28.2 Å². The Hall–Kier alpha value is -2.29. The summed E-state index contributed by atoms with van der Waals surface area (Å²) in [5.74, 6) is -0.559. The second kappa shape index (κ2) is 9.89. The Balaban J connectivity index is 1.70. The first-order valence-electron chi connectivity index (χ1n) is 10.4. The monoisotopic (exact) mass is 447 g/mol. The van der Waals surface area contributed by atoms with Crippen LogP contribution < -0.4 is 10.6 Å². The zero-order chi connectivity index (χ0) is 22.6. The lowest BCUT2D eigenvalue weighted by Gasteiger charge is -2.35. The van der Waals surface area contributed by atoms with E-state index >= 15 is 0 Å². The van der Waals surface area contributed by atoms with E-state index in [0.717, 1.165) is 24.2 Å². The number of morpholine rings is 1. The molecule has 168 valence electrons. The number of ether oxygens (including phenoxy) is 1. The van der Waals surface area contributed by atoms with Gasteiger partial charge in [-0.2, -0.15) is 0 Å². The van der Waals surface area contributed by atoms with Crippen LogP contribution in [-0.4, -0.2) is 49.6 Å². The zero-order valence-corrected chi connectivity index (χ0v) is 19.3. The Morgan fingerprint density at radius 1 is 1.19 bits per heavy atom. The number of thiophene rings is 1. The summed E-state index contributed by atoms with van der Waals surface area (Å²) in [5.41, 5.74) is 1.25. The van der Waals surface area contributed by atoms with E-state index in [1.165, 1.54) is 23.5 Å². The minimum atomic E-state index is -0.513. The van der Waals surface area contributed by atoms with Crippen molar-refractivity contribution < 1.29 is 18.7 Å². The standard InChI is InChI=1S/C23H30FN3O3S/c1-15-13-19(26-22(29)23(2,3)4)31-20(15)21(28)25-14-18(27-9-11-30-12-10-27)16-5-7-17(24)8-6-16/h5-8,13,18H,9-12,14H2,1-4H3,(H,25,28)(H,26,29). The topological polar surface area (TPSA) is 70.7 Å². The fraction of sp³-hybridized carbons (Fsp3) is 0.478. The number of halogens is 1. The smallest absolute Gasteiger partial charge is 0.261 e. The van der Waals surface area contributed by atoms with Crippen LogP contribution in [0.5, 0.6) is 0 Å². The molecule has 2 heterocycles. The van der Waals surface area contributed by atoms with Crippen LogP contribution >= 0.6 is 11.3 Å². The molecule has 1 saturated heterocycles. The molecule has 1 aromatic carbocycles. The maximum atomic E-state index is 13.4. The van der Waals surface area contributed by atoms with E-state index in [2.05, 4.69) is 15.5 Å². The highest BCUT2D eigenvalue weighted by Crippen LogP contribution is 2.29. The predicted molar refractivity (Wildman–Crippen MR) is 121 cm³/mol. The Bertz CT molecular complexity index is 915. The second-order valence-corrected chi connectivity index (χ2v) is 9.80. The van der Waals surface area contributed by atoms with Gasteiger partial charge in [-0.3, -0.25) is 14.5 Å². The van der Waals surface area contributed by atoms with Gasteiger partial charge in [0.1, 0.15) is 5.82 Å². The summed E-state index contributed by atoms with van der Waals surface area (Å²) in [7, 11) is 0. The Morgan fingerprint density at radius 3 is 2.45 bits per heavy atom. The molecule has 1 aliphatic rings. The van der Waals surface area contributed by atoms with Crippen LogP contribution in [0.2, 0.25) is 0 Å². The van der Waals surface area contributed by atoms with Crippen LogP contribution in [0.3, 0.4) is 0 Å². The minimum Gasteiger partial charge on any atom is -0.379 e. The van der Waals surface area contributed by atoms with Crippen molar-refractivity contribution in [2.75, 3.05) is 38.2 Å². The van der Waals surface area contributed by atoms with Crippen LogP contribution in [0.4, 0.5) is 9.39 Å². The fourth-order valence-corrected chi connectivity index (χ4v) is 4.35. The van der Waals surface area contributed by atoms with Crippen LogP contribution in [0.25, 0.3) is 0 Å². The van der Waals surface area contributed by atoms with E-state index in [9.17, 15) is 14.0 Å². The first-order chi connectivity index (χ1) is 14.6. The molecule has 8 heteroatoms. The van der Waals surface area contributed by atoms with Gasteiger partial charge in [0.25, 0.3) is 5.91 Å². The highest BCUT2D eigenvalue weighted by molar-refractivity contribution is 7.18. The van der Waals surface area contributed by atoms with E-state index in [1.807, 2.05) is 33.8 Å². The normalized spacial score (nSPS) is 16.0. The molecule has 1 atom stereocenters. The summed E-state index contributed by atoms with van der Waals surface area (Å²) in [6, 6.07) is 8.16. The summed E-state index contributed by atoms with van der Waals surface area (Å²) < 4.78 is 18.9. The SMILES string of the molecule is Cc1cc(NC(=O)C(C)(C)C)sc1C(=O)NCC(c1ccc(F)cc1)N1CCOCC1. The molecule has 1 unspecified atom stereocenters. The summed E-state index contributed by atoms with van der Waals surface area (Å²) in [6.07, 6.45) is 0. The third-order valence-electron chi connectivity index (χ3n) is 5.24. The van der Waals surface area contributed by atoms with Crippen molar-refractivity contribution in [1.82, 2.24) is 10.2 Å². The number of nitrogens with one attached hydrogen (secondary N) is 2. The number of carbonyl (C=O) groups excluding carboxylic acids is 2. The molecule has 0 aliphatic carbocycles. The molecule has 31 heavy (non-hydrogen) atoms. The Kier molecular flexibility index (Phi) is 7.46. The largest absolute Gasteiger partial charge is 0.379 e. The molecule has 1 aliphatic heterocycles. The molecule has 0 spiro atoms. The van der Waals surface area contributed by atoms with Gasteiger partial charge in [-0.1, -0.05) is 32.9 Å². The van der Waals surface area contributed by atoms with Crippen LogP contribution in [0.15, 0.2) is 30.3 Å². The van der Waals surface area contributed by atoms with Crippen molar-refractivity contribution in [3.8, 4) is 0 Å². The van der Waals surface area contributed by atoms with Gasteiger partial charge in [0, 0.05) is 25.0 Å². The molecule has 1 fully saturated rings. The first kappa shape index (κ1) is 23.4. The lowest BCUT2D eigenvalue weighted by Crippen LogP contribution is -2.43. The van der Waals surface area contributed by atoms with Crippen molar-refractivity contribution in [2.24, 2.45) is 5.41 Å². The highest BCUT2D eigenvalue weighted by Gasteiger charge is 2.25. The Labute approximate surface area is 186 Å². The van der Waals surface area contributed by atoms with Gasteiger partial charge in [-0.15, -0.1) is 11.3 Å². The van der Waals surface area contributed by atoms with Gasteiger partial charge in [-0.05, 0) is 36.2 Å². The number of benzene rings is 1. The molecule has 3 rings (SSSR count). The minimum absolute atomic E-state index is 0.0752. The van der Waals surface area contributed by atoms with Gasteiger partial charge in [0.05, 0.1) is 29.1 Å². The zero-order valence-electron chi connectivity index (χ0n) is 18.5. The summed E-state index contributed by atoms with van der Waals surface area (Å²) in [6.45, 7) is 10.5. The van der Waals surface area contributed by atoms with E-state index in [-0.39, 0.29) is 23.7 Å². The van der Waals surface area contributed by atoms with E-state index in [4.69, 9.17) is 4.74 Å². The quantitative estimate of drug-likeness (QED) is 0.703. The molecule has 6 nitrogen and oxygen atoms in total. The number of hydrogen-bond acceptors (Lipinski definition) is 5. The van der Waals surface area contributed by atoms with Crippen molar-refractivity contribution in [1.29, 1.82) is 0 Å². The van der Waals surface area contributed by atoms with Gasteiger partial charge >= 0.3 is 0 Å². The molecule has 1 aromatic heterocycles. The summed E-state index contributed by atoms with van der Waals surface area (Å²) in [4.78, 5) is 28.0. The van der Waals surface area contributed by atoms with Crippen LogP contribution in [-0.2, 0) is 9.53 Å². The molecule has 0 radical (unpaired) electrons. The maximum absolute atomic E-state index is 13.4. The lowest BCUT2D eigenvalue weighted by molar-refractivity contribution is -0.123. The number of anilines is 1. The van der Waals surface area contributed by atoms with E-state index < -0.39 is 5.41 Å². The molecule has 0 bridgehead atoms. The van der Waals surface area contributed by atoms with Crippen LogP contribution in [0.1, 0.15) is 47.6 Å². The third-order valence-corrected chi connectivity index (χ3v) is 6.39. The second-order valence-electron chi connectivity index (χ2n) is 8.75. The van der Waals surface area contributed by atoms with Gasteiger partial charge in [0.15, 0.2) is 0 Å². The predicted octanol–water partition coefficient (Wildman–Crippen LogP) is 3.98. The van der Waals surface area contributed by atoms with Crippen molar-refractivity contribution in [2.45, 2.75) is 33.7 Å². The average molecular weight is 448 g/mol. The maximum Gasteiger partial charge on any atom is 0.261 e. The number of rotatable bonds is 6. The third kappa shape index (κ3) is 6.12. The summed E-state index contributed by atoms with van der Waals surface area (Å²) in [5, 5.41) is 6.58. The Morgan fingerprint density at radius 2 is 1.84 bits per heavy atom. The molecular formula is C23H30FN3O3S. The molecular weight excluding hydrogens is 417 g/mol. The number of hydrogen-bond donors (Lipinski definition) is 2. The fourth-order valence-electron chi connectivity index (χ4n) is 3.37. The van der Waals surface area contributed by atoms with Crippen LogP contribution in [0, 0.1) is 18.2 Å². The van der Waals surface area contributed by atoms with E-state index in [1.54, 1.807) is 12.1 Å². The molecule has 2 amide bonds. The molecule has 0 saturated carbocycles. The summed E-state index contributed by atoms with van der Waals surface area (Å²) >= 11 is 1.27. The number of carbonyl (C=O) groups is 2. The van der Waals surface area contributed by atoms with Crippen molar-refractivity contribution in [3.05, 3.63) is 52.2 Å². The number of aryl methyl sites for hydroxylation is 1. The number of nitrogens with zero attached hydrogens (tertiary/aromatic N) is 1. The molecule has 2 N–H and O–H groups in total. The lowest BCUT2D eigenvalue weighted by atomic mass is 9.96. The number of amides is 2. The average Bonchev–Trinajstić information content (AvgIpc) is 3.09. The highest BCUT2D eigenvalue weighted by atomic mass is 32.1. The van der Waals surface area contributed by atoms with Gasteiger partial charge in [-0.25, -0.2) is 4.39 Å². The van der Waals surface area contributed by atoms with Crippen molar-refractivity contribution in [3.63, 3.8) is 0 Å². The first-order valence-corrected chi connectivity index (χ1v) is 11.2.